The number of aromatic amines is 1. The van der Waals surface area contributed by atoms with Crippen molar-refractivity contribution in [2.24, 2.45) is 10.9 Å². The molecule has 178 valence electrons. The molecule has 0 unspecified atom stereocenters. The maximum Gasteiger partial charge on any atom is 0.286 e. The van der Waals surface area contributed by atoms with Crippen LogP contribution < -0.4 is 11.5 Å². The van der Waals surface area contributed by atoms with Crippen LogP contribution in [-0.4, -0.2) is 40.1 Å². The van der Waals surface area contributed by atoms with E-state index in [4.69, 9.17) is 10.7 Å². The van der Waals surface area contributed by atoms with Crippen LogP contribution in [0.4, 0.5) is 0 Å². The summed E-state index contributed by atoms with van der Waals surface area (Å²) >= 11 is 3.33. The number of nitrogens with zero attached hydrogens (tertiary/aromatic N) is 6. The van der Waals surface area contributed by atoms with Gasteiger partial charge in [-0.2, -0.15) is 5.90 Å². The smallest absolute Gasteiger partial charge is 0.286 e. The Morgan fingerprint density at radius 2 is 2.18 bits per heavy atom. The molecule has 0 amide bonds. The molecule has 0 aliphatic rings. The average Bonchev–Trinajstić information content (AvgIpc) is 3.42. The second-order valence-corrected chi connectivity index (χ2v) is 8.54. The third kappa shape index (κ3) is 4.73. The van der Waals surface area contributed by atoms with Crippen molar-refractivity contribution in [3.05, 3.63) is 63.0 Å². The summed E-state index contributed by atoms with van der Waals surface area (Å²) in [5, 5.41) is 18.3. The van der Waals surface area contributed by atoms with Crippen LogP contribution in [0.25, 0.3) is 16.9 Å². The molecule has 0 aliphatic carbocycles. The summed E-state index contributed by atoms with van der Waals surface area (Å²) in [4.78, 5) is 29.9. The first kappa shape index (κ1) is 23.6. The number of nitrogens with one attached hydrogen (secondary N) is 1. The summed E-state index contributed by atoms with van der Waals surface area (Å²) in [5.41, 5.74) is 1.64. The lowest BCUT2D eigenvalue weighted by molar-refractivity contribution is 0.321. The van der Waals surface area contributed by atoms with Gasteiger partial charge in [0.1, 0.15) is 11.6 Å². The fourth-order valence-corrected chi connectivity index (χ4v) is 4.08. The molecular weight excluding hydrogens is 504 g/mol. The van der Waals surface area contributed by atoms with Gasteiger partial charge in [-0.25, -0.2) is 14.4 Å². The Kier molecular flexibility index (Phi) is 7.08. The van der Waals surface area contributed by atoms with Crippen molar-refractivity contribution in [1.29, 1.82) is 0 Å². The molecule has 4 N–H and O–H groups in total. The quantitative estimate of drug-likeness (QED) is 0.0991. The van der Waals surface area contributed by atoms with E-state index in [-0.39, 0.29) is 17.2 Å². The number of hydrogen-bond acceptors (Lipinski definition) is 8. The topological polar surface area (TPSA) is 149 Å². The molecule has 34 heavy (non-hydrogen) atoms. The molecular formula is C22H25BrN8O3. The fourth-order valence-electron chi connectivity index (χ4n) is 3.72. The Labute approximate surface area is 203 Å². The number of fused-ring (bicyclic) bond motifs is 2. The summed E-state index contributed by atoms with van der Waals surface area (Å²) in [7, 11) is 0. The Hall–Kier alpha value is -3.51. The van der Waals surface area contributed by atoms with E-state index in [9.17, 15) is 9.90 Å². The minimum absolute atomic E-state index is 0.0646. The lowest BCUT2D eigenvalue weighted by atomic mass is 10.2. The normalized spacial score (nSPS) is 12.0. The number of hydrogen-bond donors (Lipinski definition) is 3. The van der Waals surface area contributed by atoms with Crippen LogP contribution in [0.15, 0.2) is 51.1 Å². The molecule has 0 fully saturated rings. The maximum atomic E-state index is 13.2. The number of aliphatic imine (C=N–C) groups is 1. The molecule has 3 aromatic heterocycles. The largest absolute Gasteiger partial charge is 0.508 e. The van der Waals surface area contributed by atoms with Crippen LogP contribution in [-0.2, 0) is 17.8 Å². The van der Waals surface area contributed by atoms with Gasteiger partial charge >= 0.3 is 0 Å². The number of rotatable bonds is 9. The zero-order valence-electron chi connectivity index (χ0n) is 18.7. The van der Waals surface area contributed by atoms with E-state index in [0.29, 0.717) is 58.1 Å². The van der Waals surface area contributed by atoms with Crippen LogP contribution >= 0.6 is 15.9 Å². The molecule has 3 heterocycles. The molecule has 0 spiro atoms. The van der Waals surface area contributed by atoms with E-state index in [0.717, 1.165) is 19.3 Å². The van der Waals surface area contributed by atoms with Crippen LogP contribution in [0.5, 0.6) is 5.75 Å². The van der Waals surface area contributed by atoms with Gasteiger partial charge in [-0.3, -0.25) is 9.36 Å². The molecule has 4 rings (SSSR count). The SMILES string of the molecule is C=C(CCc1nnc2n(CCCCC)c3nc(Br)[nH]c3c(=O)n12)N=C(ON)c1cccc(O)c1. The number of aryl methyl sites for hydroxylation is 2. The lowest BCUT2D eigenvalue weighted by Crippen LogP contribution is -2.21. The number of unbranched alkanes of at least 4 members (excludes halogenated alkanes) is 2. The minimum atomic E-state index is -0.269. The van der Waals surface area contributed by atoms with Gasteiger partial charge in [0.25, 0.3) is 5.56 Å². The molecule has 0 bridgehead atoms. The first-order chi connectivity index (χ1) is 16.4. The van der Waals surface area contributed by atoms with Crippen LogP contribution in [0.1, 0.15) is 44.0 Å². The number of phenolic OH excluding ortho intramolecular Hbond substituents is 1. The highest BCUT2D eigenvalue weighted by Gasteiger charge is 2.19. The van der Waals surface area contributed by atoms with E-state index in [1.165, 1.54) is 16.5 Å². The second-order valence-electron chi connectivity index (χ2n) is 7.79. The zero-order valence-corrected chi connectivity index (χ0v) is 20.2. The second kappa shape index (κ2) is 10.2. The van der Waals surface area contributed by atoms with Gasteiger partial charge in [-0.15, -0.1) is 10.2 Å². The predicted octanol–water partition coefficient (Wildman–Crippen LogP) is 3.21. The first-order valence-corrected chi connectivity index (χ1v) is 11.7. The number of halogens is 1. The Morgan fingerprint density at radius 1 is 1.35 bits per heavy atom. The number of aromatic hydroxyl groups is 1. The van der Waals surface area contributed by atoms with Crippen molar-refractivity contribution in [2.75, 3.05) is 0 Å². The Balaban J connectivity index is 1.64. The highest BCUT2D eigenvalue weighted by atomic mass is 79.9. The third-order valence-electron chi connectivity index (χ3n) is 5.37. The Bertz CT molecular complexity index is 1440. The summed E-state index contributed by atoms with van der Waals surface area (Å²) in [6.45, 7) is 6.77. The molecule has 0 atom stereocenters. The Morgan fingerprint density at radius 3 is 2.91 bits per heavy atom. The van der Waals surface area contributed by atoms with Crippen LogP contribution in [0.2, 0.25) is 0 Å². The minimum Gasteiger partial charge on any atom is -0.508 e. The van der Waals surface area contributed by atoms with Gasteiger partial charge in [-0.1, -0.05) is 32.4 Å². The predicted molar refractivity (Wildman–Crippen MR) is 132 cm³/mol. The molecule has 12 heteroatoms. The van der Waals surface area contributed by atoms with Crippen molar-refractivity contribution in [3.8, 4) is 5.75 Å². The highest BCUT2D eigenvalue weighted by molar-refractivity contribution is 9.10. The van der Waals surface area contributed by atoms with Crippen molar-refractivity contribution in [2.45, 2.75) is 45.6 Å². The van der Waals surface area contributed by atoms with Crippen molar-refractivity contribution in [1.82, 2.24) is 29.1 Å². The lowest BCUT2D eigenvalue weighted by Gasteiger charge is -2.09. The van der Waals surface area contributed by atoms with Crippen molar-refractivity contribution in [3.63, 3.8) is 0 Å². The first-order valence-electron chi connectivity index (χ1n) is 10.9. The molecule has 4 aromatic rings. The van der Waals surface area contributed by atoms with Gasteiger partial charge < -0.3 is 14.9 Å². The molecule has 0 radical (unpaired) electrons. The third-order valence-corrected chi connectivity index (χ3v) is 5.75. The van der Waals surface area contributed by atoms with Gasteiger partial charge in [0.05, 0.1) is 0 Å². The standard InChI is InChI=1S/C22H25BrN8O3/c1-3-4-5-11-30-18-17(26-21(23)27-18)20(33)31-16(28-29-22(30)31)10-9-13(2)25-19(34-24)14-7-6-8-15(32)12-14/h6-8,12,32H,2-5,9-11,24H2,1H3,(H,26,27). The van der Waals surface area contributed by atoms with Gasteiger partial charge in [0, 0.05) is 24.2 Å². The fraction of sp³-hybridized carbons (Fsp3) is 0.318. The van der Waals surface area contributed by atoms with E-state index >= 15 is 0 Å². The van der Waals surface area contributed by atoms with E-state index < -0.39 is 0 Å². The number of aromatic nitrogens is 6. The number of imidazole rings is 1. The highest BCUT2D eigenvalue weighted by Crippen LogP contribution is 2.18. The van der Waals surface area contributed by atoms with Gasteiger partial charge in [-0.05, 0) is 47.0 Å². The monoisotopic (exact) mass is 528 g/mol. The molecule has 11 nitrogen and oxygen atoms in total. The zero-order chi connectivity index (χ0) is 24.2. The molecule has 1 aromatic carbocycles. The van der Waals surface area contributed by atoms with E-state index in [1.807, 2.05) is 4.57 Å². The molecule has 0 saturated carbocycles. The van der Waals surface area contributed by atoms with Gasteiger partial charge in [0.2, 0.25) is 11.7 Å². The van der Waals surface area contributed by atoms with E-state index in [1.54, 1.807) is 12.1 Å². The van der Waals surface area contributed by atoms with Crippen LogP contribution in [0.3, 0.4) is 0 Å². The van der Waals surface area contributed by atoms with Crippen molar-refractivity contribution < 1.29 is 9.94 Å². The van der Waals surface area contributed by atoms with Gasteiger partial charge in [0.15, 0.2) is 15.9 Å². The number of phenols is 1. The maximum absolute atomic E-state index is 13.2. The van der Waals surface area contributed by atoms with Crippen LogP contribution in [0, 0.1) is 0 Å². The summed E-state index contributed by atoms with van der Waals surface area (Å²) in [5.74, 6) is 6.49. The average molecular weight is 529 g/mol. The summed E-state index contributed by atoms with van der Waals surface area (Å²) in [6, 6.07) is 6.39. The van der Waals surface area contributed by atoms with E-state index in [2.05, 4.69) is 54.6 Å². The number of allylic oxidation sites excluding steroid dienone is 1. The summed E-state index contributed by atoms with van der Waals surface area (Å²) in [6.07, 6.45) is 3.80. The molecule has 0 saturated heterocycles. The van der Waals surface area contributed by atoms with Crippen molar-refractivity contribution >= 4 is 38.8 Å². The molecule has 0 aliphatic heterocycles. The number of H-pyrrole nitrogens is 1. The summed E-state index contributed by atoms with van der Waals surface area (Å²) < 4.78 is 3.90. The number of benzene rings is 1. The number of nitrogens with two attached hydrogens (primary N) is 1.